The maximum atomic E-state index is 11.3. The Bertz CT molecular complexity index is 362. The van der Waals surface area contributed by atoms with Crippen LogP contribution in [0.2, 0.25) is 0 Å². The van der Waals surface area contributed by atoms with E-state index in [1.807, 2.05) is 12.1 Å². The number of nitrogens with one attached hydrogen (secondary N) is 2. The first-order valence-corrected chi connectivity index (χ1v) is 5.17. The molecule has 0 saturated heterocycles. The van der Waals surface area contributed by atoms with Crippen LogP contribution in [0.15, 0.2) is 28.7 Å². The van der Waals surface area contributed by atoms with Crippen LogP contribution in [0, 0.1) is 0 Å². The molecule has 0 fully saturated rings. The third kappa shape index (κ3) is 4.60. The number of benzene rings is 1. The Morgan fingerprint density at radius 3 is 2.40 bits per heavy atom. The Morgan fingerprint density at radius 1 is 1.27 bits per heavy atom. The summed E-state index contributed by atoms with van der Waals surface area (Å²) in [6.45, 7) is 1.36. The molecule has 15 heavy (non-hydrogen) atoms. The molecule has 1 aromatic rings. The van der Waals surface area contributed by atoms with E-state index in [2.05, 4.69) is 26.6 Å². The Labute approximate surface area is 96.2 Å². The summed E-state index contributed by atoms with van der Waals surface area (Å²) < 4.78 is 0.947. The molecule has 0 aliphatic carbocycles. The van der Waals surface area contributed by atoms with Gasteiger partial charge in [0.2, 0.25) is 11.8 Å². The third-order valence-corrected chi connectivity index (χ3v) is 2.15. The monoisotopic (exact) mass is 270 g/mol. The van der Waals surface area contributed by atoms with Gasteiger partial charge in [-0.2, -0.15) is 0 Å². The van der Waals surface area contributed by atoms with Crippen LogP contribution in [0.3, 0.4) is 0 Å². The number of carbonyl (C=O) groups excluding carboxylic acids is 2. The van der Waals surface area contributed by atoms with E-state index < -0.39 is 0 Å². The zero-order valence-corrected chi connectivity index (χ0v) is 9.80. The number of carbonyl (C=O) groups is 2. The average molecular weight is 271 g/mol. The van der Waals surface area contributed by atoms with Crippen LogP contribution in [0.5, 0.6) is 0 Å². The van der Waals surface area contributed by atoms with Crippen LogP contribution in [-0.4, -0.2) is 18.4 Å². The average Bonchev–Trinajstić information content (AvgIpc) is 2.19. The second-order valence-electron chi connectivity index (χ2n) is 2.96. The van der Waals surface area contributed by atoms with Gasteiger partial charge in [-0.1, -0.05) is 15.9 Å². The Balaban J connectivity index is 2.44. The SMILES string of the molecule is CC(=O)NCC(=O)Nc1ccc(Br)cc1. The van der Waals surface area contributed by atoms with Gasteiger partial charge in [0, 0.05) is 17.1 Å². The highest BCUT2D eigenvalue weighted by molar-refractivity contribution is 9.10. The molecule has 4 nitrogen and oxygen atoms in total. The highest BCUT2D eigenvalue weighted by Crippen LogP contribution is 2.13. The normalized spacial score (nSPS) is 9.47. The summed E-state index contributed by atoms with van der Waals surface area (Å²) in [6.07, 6.45) is 0. The summed E-state index contributed by atoms with van der Waals surface area (Å²) in [5, 5.41) is 5.07. The summed E-state index contributed by atoms with van der Waals surface area (Å²) in [5.74, 6) is -0.464. The van der Waals surface area contributed by atoms with Crippen molar-refractivity contribution in [1.82, 2.24) is 5.32 Å². The number of hydrogen-bond donors (Lipinski definition) is 2. The van der Waals surface area contributed by atoms with Crippen LogP contribution < -0.4 is 10.6 Å². The third-order valence-electron chi connectivity index (χ3n) is 1.63. The molecule has 0 heterocycles. The van der Waals surface area contributed by atoms with E-state index >= 15 is 0 Å². The van der Waals surface area contributed by atoms with Crippen molar-refractivity contribution in [2.24, 2.45) is 0 Å². The lowest BCUT2D eigenvalue weighted by atomic mass is 10.3. The Kier molecular flexibility index (Phi) is 4.30. The molecule has 0 aliphatic heterocycles. The lowest BCUT2D eigenvalue weighted by Crippen LogP contribution is -2.31. The lowest BCUT2D eigenvalue weighted by Gasteiger charge is -2.05. The van der Waals surface area contributed by atoms with Crippen molar-refractivity contribution in [1.29, 1.82) is 0 Å². The topological polar surface area (TPSA) is 58.2 Å². The number of amides is 2. The number of anilines is 1. The maximum absolute atomic E-state index is 11.3. The van der Waals surface area contributed by atoms with Crippen LogP contribution >= 0.6 is 15.9 Å². The van der Waals surface area contributed by atoms with Crippen molar-refractivity contribution in [3.05, 3.63) is 28.7 Å². The zero-order chi connectivity index (χ0) is 11.3. The second kappa shape index (κ2) is 5.50. The summed E-state index contributed by atoms with van der Waals surface area (Å²) >= 11 is 3.29. The molecule has 5 heteroatoms. The fraction of sp³-hybridized carbons (Fsp3) is 0.200. The first kappa shape index (κ1) is 11.7. The van der Waals surface area contributed by atoms with E-state index in [-0.39, 0.29) is 18.4 Å². The Hall–Kier alpha value is -1.36. The van der Waals surface area contributed by atoms with Gasteiger partial charge >= 0.3 is 0 Å². The van der Waals surface area contributed by atoms with Crippen molar-refractivity contribution in [2.75, 3.05) is 11.9 Å². The van der Waals surface area contributed by atoms with Crippen LogP contribution in [0.25, 0.3) is 0 Å². The summed E-state index contributed by atoms with van der Waals surface area (Å²) in [7, 11) is 0. The molecule has 1 aromatic carbocycles. The molecular formula is C10H11BrN2O2. The van der Waals surface area contributed by atoms with E-state index in [1.165, 1.54) is 6.92 Å². The summed E-state index contributed by atoms with van der Waals surface area (Å²) in [6, 6.07) is 7.20. The smallest absolute Gasteiger partial charge is 0.243 e. The molecule has 2 amide bonds. The molecular weight excluding hydrogens is 260 g/mol. The largest absolute Gasteiger partial charge is 0.347 e. The van der Waals surface area contributed by atoms with Gasteiger partial charge in [-0.3, -0.25) is 9.59 Å². The number of rotatable bonds is 3. The second-order valence-corrected chi connectivity index (χ2v) is 3.88. The van der Waals surface area contributed by atoms with Crippen molar-refractivity contribution in [2.45, 2.75) is 6.92 Å². The van der Waals surface area contributed by atoms with Gasteiger partial charge in [0.15, 0.2) is 0 Å². The van der Waals surface area contributed by atoms with Gasteiger partial charge in [-0.05, 0) is 24.3 Å². The van der Waals surface area contributed by atoms with E-state index in [1.54, 1.807) is 12.1 Å². The molecule has 1 rings (SSSR count). The van der Waals surface area contributed by atoms with E-state index in [9.17, 15) is 9.59 Å². The van der Waals surface area contributed by atoms with Crippen LogP contribution in [0.1, 0.15) is 6.92 Å². The van der Waals surface area contributed by atoms with Gasteiger partial charge in [-0.25, -0.2) is 0 Å². The van der Waals surface area contributed by atoms with Crippen molar-refractivity contribution < 1.29 is 9.59 Å². The van der Waals surface area contributed by atoms with Gasteiger partial charge in [0.25, 0.3) is 0 Å². The quantitative estimate of drug-likeness (QED) is 0.875. The van der Waals surface area contributed by atoms with Gasteiger partial charge in [-0.15, -0.1) is 0 Å². The van der Waals surface area contributed by atoms with Crippen LogP contribution in [-0.2, 0) is 9.59 Å². The van der Waals surface area contributed by atoms with Gasteiger partial charge in [0.05, 0.1) is 6.54 Å². The molecule has 2 N–H and O–H groups in total. The molecule has 0 radical (unpaired) electrons. The van der Waals surface area contributed by atoms with E-state index in [0.29, 0.717) is 5.69 Å². The van der Waals surface area contributed by atoms with Gasteiger partial charge < -0.3 is 10.6 Å². The number of halogens is 1. The van der Waals surface area contributed by atoms with Crippen LogP contribution in [0.4, 0.5) is 5.69 Å². The maximum Gasteiger partial charge on any atom is 0.243 e. The molecule has 80 valence electrons. The predicted octanol–water partition coefficient (Wildman–Crippen LogP) is 1.52. The minimum absolute atomic E-state index is 0.00853. The molecule has 0 aromatic heterocycles. The van der Waals surface area contributed by atoms with Crippen molar-refractivity contribution >= 4 is 33.4 Å². The minimum Gasteiger partial charge on any atom is -0.347 e. The fourth-order valence-electron chi connectivity index (χ4n) is 0.943. The molecule has 0 unspecified atom stereocenters. The molecule has 0 atom stereocenters. The minimum atomic E-state index is -0.243. The molecule has 0 saturated carbocycles. The predicted molar refractivity (Wildman–Crippen MR) is 61.5 cm³/mol. The zero-order valence-electron chi connectivity index (χ0n) is 8.21. The molecule has 0 aliphatic rings. The highest BCUT2D eigenvalue weighted by atomic mass is 79.9. The van der Waals surface area contributed by atoms with Crippen molar-refractivity contribution in [3.8, 4) is 0 Å². The summed E-state index contributed by atoms with van der Waals surface area (Å²) in [4.78, 5) is 21.8. The highest BCUT2D eigenvalue weighted by Gasteiger charge is 2.02. The summed E-state index contributed by atoms with van der Waals surface area (Å²) in [5.41, 5.74) is 0.702. The van der Waals surface area contributed by atoms with E-state index in [4.69, 9.17) is 0 Å². The van der Waals surface area contributed by atoms with Gasteiger partial charge in [0.1, 0.15) is 0 Å². The Morgan fingerprint density at radius 2 is 1.87 bits per heavy atom. The number of hydrogen-bond acceptors (Lipinski definition) is 2. The molecule has 0 bridgehead atoms. The first-order chi connectivity index (χ1) is 7.08. The lowest BCUT2D eigenvalue weighted by molar-refractivity contribution is -0.122. The van der Waals surface area contributed by atoms with E-state index in [0.717, 1.165) is 4.47 Å². The standard InChI is InChI=1S/C10H11BrN2O2/c1-7(14)12-6-10(15)13-9-4-2-8(11)3-5-9/h2-5H,6H2,1H3,(H,12,14)(H,13,15). The molecule has 0 spiro atoms. The fourth-order valence-corrected chi connectivity index (χ4v) is 1.21. The first-order valence-electron chi connectivity index (χ1n) is 4.38. The van der Waals surface area contributed by atoms with Crippen molar-refractivity contribution in [3.63, 3.8) is 0 Å².